The Morgan fingerprint density at radius 1 is 1.30 bits per heavy atom. The number of halogens is 1. The zero-order valence-corrected chi connectivity index (χ0v) is 22.9. The third-order valence-corrected chi connectivity index (χ3v) is 8.50. The molecule has 2 aromatic rings. The fourth-order valence-electron chi connectivity index (χ4n) is 4.47. The number of esters is 1. The van der Waals surface area contributed by atoms with Crippen molar-refractivity contribution in [2.75, 3.05) is 10.8 Å². The number of rotatable bonds is 9. The van der Waals surface area contributed by atoms with Crippen LogP contribution in [0.15, 0.2) is 29.3 Å². The third kappa shape index (κ3) is 6.20. The van der Waals surface area contributed by atoms with Crippen molar-refractivity contribution in [2.24, 2.45) is 11.8 Å². The molecule has 1 fully saturated rings. The van der Waals surface area contributed by atoms with Gasteiger partial charge in [0.25, 0.3) is 10.0 Å². The Hall–Kier alpha value is -2.79. The predicted molar refractivity (Wildman–Crippen MR) is 136 cm³/mol. The number of fused-ring (bicyclic) bond motifs is 1. The van der Waals surface area contributed by atoms with Crippen molar-refractivity contribution in [1.82, 2.24) is 9.78 Å². The second-order valence-corrected chi connectivity index (χ2v) is 12.7. The number of carboxylic acid groups (broad SMARTS) is 1. The molecule has 2 aliphatic rings. The quantitative estimate of drug-likeness (QED) is 0.463. The van der Waals surface area contributed by atoms with Crippen molar-refractivity contribution in [3.8, 4) is 5.75 Å². The van der Waals surface area contributed by atoms with Crippen molar-refractivity contribution in [3.63, 3.8) is 0 Å². The number of aromatic nitrogens is 2. The summed E-state index contributed by atoms with van der Waals surface area (Å²) in [6, 6.07) is 4.86. The SMILES string of the molecule is CCn1cc(S(=O)(=O)N2C[C@H](C[C@@H](C(=O)O)C3CC3)Oc3ccc(CC(=O)OC(C)(C)C)cc32)c(Cl)n1. The van der Waals surface area contributed by atoms with Gasteiger partial charge in [-0.15, -0.1) is 0 Å². The number of benzene rings is 1. The predicted octanol–water partition coefficient (Wildman–Crippen LogP) is 3.90. The number of carbonyl (C=O) groups is 2. The summed E-state index contributed by atoms with van der Waals surface area (Å²) in [6.45, 7) is 7.45. The lowest BCUT2D eigenvalue weighted by Crippen LogP contribution is -2.45. The molecule has 2 heterocycles. The lowest BCUT2D eigenvalue weighted by atomic mass is 9.95. The first-order chi connectivity index (χ1) is 17.3. The van der Waals surface area contributed by atoms with E-state index in [0.29, 0.717) is 12.1 Å². The van der Waals surface area contributed by atoms with Crippen LogP contribution in [0, 0.1) is 11.8 Å². The van der Waals surface area contributed by atoms with Crippen molar-refractivity contribution in [2.45, 2.75) is 76.5 Å². The van der Waals surface area contributed by atoms with Gasteiger partial charge in [-0.3, -0.25) is 18.6 Å². The number of hydrogen-bond acceptors (Lipinski definition) is 7. The molecule has 12 heteroatoms. The molecule has 202 valence electrons. The largest absolute Gasteiger partial charge is 0.486 e. The first-order valence-electron chi connectivity index (χ1n) is 12.3. The minimum absolute atomic E-state index is 0.0564. The maximum Gasteiger partial charge on any atom is 0.310 e. The van der Waals surface area contributed by atoms with Crippen molar-refractivity contribution < 1.29 is 32.6 Å². The standard InChI is InChI=1S/C25H32ClN3O7S/c1-5-28-14-21(23(26)27-28)37(33,34)29-13-17(12-18(24(31)32)16-7-8-16)35-20-9-6-15(10-19(20)29)11-22(30)36-25(2,3)4/h6,9-10,14,16-18H,5,7-8,11-13H2,1-4H3,(H,31,32)/t17-,18+/m0/s1. The Morgan fingerprint density at radius 3 is 2.57 bits per heavy atom. The molecule has 1 aliphatic heterocycles. The van der Waals surface area contributed by atoms with E-state index < -0.39 is 39.6 Å². The van der Waals surface area contributed by atoms with E-state index >= 15 is 0 Å². The Labute approximate surface area is 221 Å². The summed E-state index contributed by atoms with van der Waals surface area (Å²) in [4.78, 5) is 24.1. The average Bonchev–Trinajstić information content (AvgIpc) is 3.55. The van der Waals surface area contributed by atoms with Crippen LogP contribution < -0.4 is 9.04 Å². The second kappa shape index (κ2) is 10.2. The summed E-state index contributed by atoms with van der Waals surface area (Å²) >= 11 is 6.22. The Kier molecular flexibility index (Phi) is 7.49. The highest BCUT2D eigenvalue weighted by atomic mass is 35.5. The van der Waals surface area contributed by atoms with Gasteiger partial charge in [0.15, 0.2) is 5.15 Å². The summed E-state index contributed by atoms with van der Waals surface area (Å²) in [5.74, 6) is -1.62. The first kappa shape index (κ1) is 27.3. The molecule has 1 aliphatic carbocycles. The molecule has 37 heavy (non-hydrogen) atoms. The van der Waals surface area contributed by atoms with Crippen LogP contribution in [0.2, 0.25) is 5.15 Å². The molecule has 0 amide bonds. The van der Waals surface area contributed by atoms with Gasteiger partial charge in [-0.25, -0.2) is 8.42 Å². The highest BCUT2D eigenvalue weighted by Gasteiger charge is 2.42. The topological polar surface area (TPSA) is 128 Å². The minimum atomic E-state index is -4.19. The number of hydrogen-bond donors (Lipinski definition) is 1. The molecule has 1 aromatic carbocycles. The van der Waals surface area contributed by atoms with Crippen LogP contribution in [-0.4, -0.2) is 53.5 Å². The molecule has 0 saturated heterocycles. The molecule has 0 spiro atoms. The molecule has 2 atom stereocenters. The van der Waals surface area contributed by atoms with E-state index in [1.54, 1.807) is 39.0 Å². The van der Waals surface area contributed by atoms with Crippen LogP contribution in [0.1, 0.15) is 52.5 Å². The van der Waals surface area contributed by atoms with Crippen molar-refractivity contribution >= 4 is 39.3 Å². The number of carboxylic acids is 1. The van der Waals surface area contributed by atoms with E-state index in [-0.39, 0.29) is 46.8 Å². The van der Waals surface area contributed by atoms with Gasteiger partial charge >= 0.3 is 11.9 Å². The van der Waals surface area contributed by atoms with Crippen LogP contribution in [0.25, 0.3) is 0 Å². The van der Waals surface area contributed by atoms with E-state index in [9.17, 15) is 23.1 Å². The maximum absolute atomic E-state index is 13.9. The summed E-state index contributed by atoms with van der Waals surface area (Å²) in [6.07, 6.45) is 2.48. The highest BCUT2D eigenvalue weighted by Crippen LogP contribution is 2.43. The number of aryl methyl sites for hydroxylation is 1. The summed E-state index contributed by atoms with van der Waals surface area (Å²) in [5, 5.41) is 13.6. The lowest BCUT2D eigenvalue weighted by Gasteiger charge is -2.36. The van der Waals surface area contributed by atoms with Gasteiger partial charge in [-0.1, -0.05) is 17.7 Å². The van der Waals surface area contributed by atoms with Gasteiger partial charge in [0.1, 0.15) is 22.4 Å². The molecule has 1 N–H and O–H groups in total. The summed E-state index contributed by atoms with van der Waals surface area (Å²) in [7, 11) is -4.19. The van der Waals surface area contributed by atoms with Crippen molar-refractivity contribution in [3.05, 3.63) is 35.1 Å². The zero-order valence-electron chi connectivity index (χ0n) is 21.3. The number of carbonyl (C=O) groups excluding carboxylic acids is 1. The van der Waals surface area contributed by atoms with Crippen LogP contribution in [0.4, 0.5) is 5.69 Å². The lowest BCUT2D eigenvalue weighted by molar-refractivity contribution is -0.154. The summed E-state index contributed by atoms with van der Waals surface area (Å²) < 4.78 is 41.8. The van der Waals surface area contributed by atoms with Crippen LogP contribution in [0.3, 0.4) is 0 Å². The fourth-order valence-corrected chi connectivity index (χ4v) is 6.42. The summed E-state index contributed by atoms with van der Waals surface area (Å²) in [5.41, 5.74) is 0.137. The third-order valence-electron chi connectivity index (χ3n) is 6.33. The normalized spacial score (nSPS) is 18.6. The number of sulfonamides is 1. The van der Waals surface area contributed by atoms with E-state index in [0.717, 1.165) is 12.8 Å². The van der Waals surface area contributed by atoms with Gasteiger partial charge < -0.3 is 14.6 Å². The minimum Gasteiger partial charge on any atom is -0.486 e. The number of anilines is 1. The average molecular weight is 554 g/mol. The van der Waals surface area contributed by atoms with Crippen LogP contribution >= 0.6 is 11.6 Å². The zero-order chi connectivity index (χ0) is 27.1. The van der Waals surface area contributed by atoms with E-state index in [2.05, 4.69) is 5.10 Å². The maximum atomic E-state index is 13.9. The monoisotopic (exact) mass is 553 g/mol. The number of aliphatic carboxylic acids is 1. The number of ether oxygens (including phenoxy) is 2. The molecule has 0 radical (unpaired) electrons. The van der Waals surface area contributed by atoms with Crippen LogP contribution in [-0.2, 0) is 37.3 Å². The molecule has 10 nitrogen and oxygen atoms in total. The van der Waals surface area contributed by atoms with E-state index in [1.165, 1.54) is 15.2 Å². The molecule has 4 rings (SSSR count). The molecular weight excluding hydrogens is 522 g/mol. The molecule has 0 unspecified atom stereocenters. The molecule has 0 bridgehead atoms. The molecule has 1 aromatic heterocycles. The Morgan fingerprint density at radius 2 is 2.00 bits per heavy atom. The highest BCUT2D eigenvalue weighted by molar-refractivity contribution is 7.93. The Balaban J connectivity index is 1.70. The van der Waals surface area contributed by atoms with Gasteiger partial charge in [-0.05, 0) is 70.6 Å². The Bertz CT molecular complexity index is 1300. The van der Waals surface area contributed by atoms with Gasteiger partial charge in [0, 0.05) is 12.7 Å². The second-order valence-electron chi connectivity index (χ2n) is 10.5. The molecular formula is C25H32ClN3O7S. The van der Waals surface area contributed by atoms with Crippen molar-refractivity contribution in [1.29, 1.82) is 0 Å². The smallest absolute Gasteiger partial charge is 0.310 e. The number of nitrogens with zero attached hydrogens (tertiary/aromatic N) is 3. The molecule has 1 saturated carbocycles. The first-order valence-corrected chi connectivity index (χ1v) is 14.1. The van der Waals surface area contributed by atoms with Gasteiger partial charge in [-0.2, -0.15) is 5.10 Å². The van der Waals surface area contributed by atoms with Gasteiger partial charge in [0.2, 0.25) is 0 Å². The fraction of sp³-hybridized carbons (Fsp3) is 0.560. The van der Waals surface area contributed by atoms with Crippen LogP contribution in [0.5, 0.6) is 5.75 Å². The van der Waals surface area contributed by atoms with E-state index in [4.69, 9.17) is 21.1 Å². The van der Waals surface area contributed by atoms with Gasteiger partial charge in [0.05, 0.1) is 24.6 Å². The van der Waals surface area contributed by atoms with E-state index in [1.807, 2.05) is 6.92 Å².